The van der Waals surface area contributed by atoms with Crippen molar-refractivity contribution in [2.45, 2.75) is 19.4 Å². The van der Waals surface area contributed by atoms with E-state index in [-0.39, 0.29) is 12.4 Å². The molecule has 0 saturated heterocycles. The summed E-state index contributed by atoms with van der Waals surface area (Å²) < 4.78 is 24.9. The first kappa shape index (κ1) is 25.9. The molecular formula is C33H31NO5. The van der Waals surface area contributed by atoms with E-state index in [9.17, 15) is 4.79 Å². The monoisotopic (exact) mass is 521 g/mol. The number of hydrogen-bond donors (Lipinski definition) is 0. The molecule has 0 aliphatic carbocycles. The molecule has 1 heterocycles. The Morgan fingerprint density at radius 2 is 1.38 bits per heavy atom. The molecule has 0 saturated carbocycles. The van der Waals surface area contributed by atoms with Crippen LogP contribution in [0.4, 0.5) is 0 Å². The summed E-state index contributed by atoms with van der Waals surface area (Å²) in [4.78, 5) is 12.1. The van der Waals surface area contributed by atoms with E-state index in [1.54, 1.807) is 0 Å². The van der Waals surface area contributed by atoms with Gasteiger partial charge in [0.1, 0.15) is 23.0 Å². The Labute approximate surface area is 228 Å². The van der Waals surface area contributed by atoms with Crippen molar-refractivity contribution >= 4 is 16.9 Å². The van der Waals surface area contributed by atoms with Gasteiger partial charge >= 0.3 is 5.97 Å². The number of nitrogens with zero attached hydrogens (tertiary/aromatic N) is 1. The maximum atomic E-state index is 12.1. The zero-order valence-corrected chi connectivity index (χ0v) is 21.9. The van der Waals surface area contributed by atoms with Crippen molar-refractivity contribution in [2.24, 2.45) is 0 Å². The van der Waals surface area contributed by atoms with Crippen LogP contribution < -0.4 is 14.2 Å². The van der Waals surface area contributed by atoms with Crippen LogP contribution >= 0.6 is 0 Å². The molecule has 6 nitrogen and oxygen atoms in total. The second-order valence-corrected chi connectivity index (χ2v) is 9.14. The van der Waals surface area contributed by atoms with E-state index < -0.39 is 0 Å². The van der Waals surface area contributed by atoms with Gasteiger partial charge < -0.3 is 23.5 Å². The molecule has 0 N–H and O–H groups in total. The third-order valence-corrected chi connectivity index (χ3v) is 6.30. The van der Waals surface area contributed by atoms with Crippen LogP contribution in [0, 0.1) is 0 Å². The number of fused-ring (bicyclic) bond motifs is 1. The van der Waals surface area contributed by atoms with Crippen LogP contribution in [-0.2, 0) is 22.5 Å². The fourth-order valence-electron chi connectivity index (χ4n) is 4.41. The molecule has 198 valence electrons. The third kappa shape index (κ3) is 6.99. The number of esters is 1. The maximum absolute atomic E-state index is 12.1. The molecule has 5 rings (SSSR count). The normalized spacial score (nSPS) is 10.8. The Morgan fingerprint density at radius 3 is 2.13 bits per heavy atom. The summed E-state index contributed by atoms with van der Waals surface area (Å²) in [5.41, 5.74) is 3.15. The highest BCUT2D eigenvalue weighted by Crippen LogP contribution is 2.28. The van der Waals surface area contributed by atoms with Crippen LogP contribution in [0.25, 0.3) is 10.9 Å². The zero-order valence-electron chi connectivity index (χ0n) is 21.9. The number of hydrogen-bond acceptors (Lipinski definition) is 5. The summed E-state index contributed by atoms with van der Waals surface area (Å²) in [6.45, 7) is 1.73. The number of aromatic nitrogens is 1. The van der Waals surface area contributed by atoms with Gasteiger partial charge in [-0.2, -0.15) is 0 Å². The fraction of sp³-hybridized carbons (Fsp3) is 0.182. The zero-order chi connectivity index (χ0) is 26.9. The van der Waals surface area contributed by atoms with Crippen molar-refractivity contribution in [1.82, 2.24) is 4.57 Å². The predicted octanol–water partition coefficient (Wildman–Crippen LogP) is 7.05. The topological polar surface area (TPSA) is 58.9 Å². The molecule has 0 spiro atoms. The standard InChI is InChI=1S/C33H31NO5/c1-36-33(35)20-26-24-34(23-25-10-4-2-5-11-25)32-17-16-29(22-31(26)32)38-19-9-18-37-28-14-8-15-30(21-28)39-27-12-6-3-7-13-27/h2-8,10-17,21-22,24H,9,18-20,23H2,1H3. The number of para-hydroxylation sites is 1. The molecule has 1 aromatic heterocycles. The predicted molar refractivity (Wildman–Crippen MR) is 152 cm³/mol. The van der Waals surface area contributed by atoms with E-state index >= 15 is 0 Å². The van der Waals surface area contributed by atoms with Crippen LogP contribution in [-0.4, -0.2) is 30.9 Å². The van der Waals surface area contributed by atoms with Crippen LogP contribution in [0.3, 0.4) is 0 Å². The first-order valence-electron chi connectivity index (χ1n) is 13.0. The van der Waals surface area contributed by atoms with Gasteiger partial charge in [0.15, 0.2) is 0 Å². The van der Waals surface area contributed by atoms with E-state index in [0.717, 1.165) is 39.5 Å². The van der Waals surface area contributed by atoms with Gasteiger partial charge in [0, 0.05) is 36.1 Å². The Hall–Kier alpha value is -4.71. The summed E-state index contributed by atoms with van der Waals surface area (Å²) in [6, 6.07) is 33.5. The van der Waals surface area contributed by atoms with Crippen LogP contribution in [0.2, 0.25) is 0 Å². The smallest absolute Gasteiger partial charge is 0.310 e. The number of carbonyl (C=O) groups is 1. The van der Waals surface area contributed by atoms with Gasteiger partial charge in [-0.25, -0.2) is 0 Å². The molecule has 0 aliphatic heterocycles. The summed E-state index contributed by atoms with van der Waals surface area (Å²) in [5.74, 6) is 2.74. The molecule has 0 unspecified atom stereocenters. The first-order valence-corrected chi connectivity index (χ1v) is 13.0. The molecule has 6 heteroatoms. The van der Waals surface area contributed by atoms with Gasteiger partial charge in [-0.3, -0.25) is 4.79 Å². The minimum atomic E-state index is -0.268. The number of ether oxygens (including phenoxy) is 4. The van der Waals surface area contributed by atoms with Crippen molar-refractivity contribution in [2.75, 3.05) is 20.3 Å². The van der Waals surface area contributed by atoms with Gasteiger partial charge in [-0.1, -0.05) is 54.6 Å². The average Bonchev–Trinajstić information content (AvgIpc) is 3.30. The van der Waals surface area contributed by atoms with Gasteiger partial charge in [-0.15, -0.1) is 0 Å². The molecular weight excluding hydrogens is 490 g/mol. The minimum absolute atomic E-state index is 0.207. The number of carbonyl (C=O) groups excluding carboxylic acids is 1. The molecule has 0 amide bonds. The molecule has 0 radical (unpaired) electrons. The second kappa shape index (κ2) is 12.7. The van der Waals surface area contributed by atoms with Gasteiger partial charge in [0.05, 0.1) is 26.7 Å². The largest absolute Gasteiger partial charge is 0.493 e. The van der Waals surface area contributed by atoms with Gasteiger partial charge in [-0.05, 0) is 53.6 Å². The average molecular weight is 522 g/mol. The number of benzene rings is 4. The number of methoxy groups -OCH3 is 1. The summed E-state index contributed by atoms with van der Waals surface area (Å²) in [6.07, 6.45) is 2.95. The number of rotatable bonds is 12. The molecule has 0 bridgehead atoms. The van der Waals surface area contributed by atoms with Crippen LogP contribution in [0.1, 0.15) is 17.5 Å². The lowest BCUT2D eigenvalue weighted by atomic mass is 10.1. The lowest BCUT2D eigenvalue weighted by molar-refractivity contribution is -0.139. The highest BCUT2D eigenvalue weighted by molar-refractivity contribution is 5.89. The van der Waals surface area contributed by atoms with Crippen LogP contribution in [0.5, 0.6) is 23.0 Å². The maximum Gasteiger partial charge on any atom is 0.310 e. The highest BCUT2D eigenvalue weighted by Gasteiger charge is 2.14. The van der Waals surface area contributed by atoms with Crippen molar-refractivity contribution in [3.05, 3.63) is 120 Å². The Bertz CT molecular complexity index is 1510. The second-order valence-electron chi connectivity index (χ2n) is 9.14. The van der Waals surface area contributed by atoms with E-state index in [2.05, 4.69) is 16.7 Å². The van der Waals surface area contributed by atoms with Crippen molar-refractivity contribution in [3.63, 3.8) is 0 Å². The van der Waals surface area contributed by atoms with Crippen molar-refractivity contribution in [1.29, 1.82) is 0 Å². The summed E-state index contributed by atoms with van der Waals surface area (Å²) in [5, 5.41) is 0.986. The van der Waals surface area contributed by atoms with Gasteiger partial charge in [0.25, 0.3) is 0 Å². The third-order valence-electron chi connectivity index (χ3n) is 6.30. The molecule has 5 aromatic rings. The van der Waals surface area contributed by atoms with Crippen molar-refractivity contribution < 1.29 is 23.7 Å². The lowest BCUT2D eigenvalue weighted by Crippen LogP contribution is -2.05. The minimum Gasteiger partial charge on any atom is -0.493 e. The quantitative estimate of drug-likeness (QED) is 0.130. The summed E-state index contributed by atoms with van der Waals surface area (Å²) >= 11 is 0. The Kier molecular flexibility index (Phi) is 8.44. The fourth-order valence-corrected chi connectivity index (χ4v) is 4.41. The Balaban J connectivity index is 1.19. The van der Waals surface area contributed by atoms with Crippen LogP contribution in [0.15, 0.2) is 109 Å². The molecule has 4 aromatic carbocycles. The van der Waals surface area contributed by atoms with Gasteiger partial charge in [0.2, 0.25) is 0 Å². The van der Waals surface area contributed by atoms with Crippen molar-refractivity contribution in [3.8, 4) is 23.0 Å². The van der Waals surface area contributed by atoms with E-state index in [4.69, 9.17) is 18.9 Å². The lowest BCUT2D eigenvalue weighted by Gasteiger charge is -2.11. The molecule has 0 atom stereocenters. The molecule has 0 fully saturated rings. The molecule has 0 aliphatic rings. The van der Waals surface area contributed by atoms with E-state index in [1.165, 1.54) is 12.7 Å². The van der Waals surface area contributed by atoms with E-state index in [0.29, 0.717) is 26.2 Å². The highest BCUT2D eigenvalue weighted by atomic mass is 16.5. The first-order chi connectivity index (χ1) is 19.2. The SMILES string of the molecule is COC(=O)Cc1cn(Cc2ccccc2)c2ccc(OCCCOc3cccc(Oc4ccccc4)c3)cc12. The molecule has 39 heavy (non-hydrogen) atoms. The Morgan fingerprint density at radius 1 is 0.718 bits per heavy atom. The van der Waals surface area contributed by atoms with E-state index in [1.807, 2.05) is 97.2 Å². The summed E-state index contributed by atoms with van der Waals surface area (Å²) in [7, 11) is 1.41.